The Kier molecular flexibility index (Phi) is 1.84. The van der Waals surface area contributed by atoms with E-state index in [2.05, 4.69) is 0 Å². The van der Waals surface area contributed by atoms with Gasteiger partial charge in [-0.3, -0.25) is 4.79 Å². The van der Waals surface area contributed by atoms with Gasteiger partial charge in [0.05, 0.1) is 5.92 Å². The molecule has 2 atom stereocenters. The highest BCUT2D eigenvalue weighted by Crippen LogP contribution is 2.30. The maximum atomic E-state index is 11.2. The second-order valence-electron chi connectivity index (χ2n) is 3.62. The number of hydrogen-bond acceptors (Lipinski definition) is 2. The summed E-state index contributed by atoms with van der Waals surface area (Å²) in [5, 5.41) is 0. The molecule has 1 aliphatic carbocycles. The highest BCUT2D eigenvalue weighted by atomic mass is 16.5. The van der Waals surface area contributed by atoms with E-state index in [-0.39, 0.29) is 18.0 Å². The molecular formula is C9H14O2. The van der Waals surface area contributed by atoms with Gasteiger partial charge in [0.2, 0.25) is 0 Å². The van der Waals surface area contributed by atoms with Crippen LogP contribution in [0.4, 0.5) is 0 Å². The molecule has 2 aliphatic heterocycles. The van der Waals surface area contributed by atoms with Crippen LogP contribution in [0.1, 0.15) is 38.5 Å². The topological polar surface area (TPSA) is 26.3 Å². The van der Waals surface area contributed by atoms with E-state index in [0.717, 1.165) is 25.7 Å². The van der Waals surface area contributed by atoms with Crippen molar-refractivity contribution < 1.29 is 9.53 Å². The molecule has 2 heterocycles. The molecule has 0 aromatic heterocycles. The van der Waals surface area contributed by atoms with Gasteiger partial charge in [0, 0.05) is 0 Å². The second kappa shape index (κ2) is 2.84. The maximum Gasteiger partial charge on any atom is 0.309 e. The summed E-state index contributed by atoms with van der Waals surface area (Å²) in [6, 6.07) is 0. The molecule has 0 spiro atoms. The summed E-state index contributed by atoms with van der Waals surface area (Å²) in [4.78, 5) is 11.2. The van der Waals surface area contributed by atoms with Crippen molar-refractivity contribution in [2.45, 2.75) is 44.6 Å². The normalized spacial score (nSPS) is 37.6. The number of carbonyl (C=O) groups is 1. The zero-order valence-corrected chi connectivity index (χ0v) is 6.71. The summed E-state index contributed by atoms with van der Waals surface area (Å²) in [5.74, 6) is 0.313. The van der Waals surface area contributed by atoms with Crippen molar-refractivity contribution in [1.82, 2.24) is 0 Å². The summed E-state index contributed by atoms with van der Waals surface area (Å²) in [6.07, 6.45) is 7.06. The van der Waals surface area contributed by atoms with Crippen molar-refractivity contribution in [2.75, 3.05) is 0 Å². The molecule has 11 heavy (non-hydrogen) atoms. The van der Waals surface area contributed by atoms with E-state index in [1.807, 2.05) is 0 Å². The Morgan fingerprint density at radius 2 is 1.91 bits per heavy atom. The van der Waals surface area contributed by atoms with E-state index in [0.29, 0.717) is 0 Å². The first-order chi connectivity index (χ1) is 5.36. The number of ether oxygens (including phenoxy) is 1. The van der Waals surface area contributed by atoms with Gasteiger partial charge in [-0.2, -0.15) is 0 Å². The number of rotatable bonds is 0. The van der Waals surface area contributed by atoms with Crippen molar-refractivity contribution in [3.8, 4) is 0 Å². The second-order valence-corrected chi connectivity index (χ2v) is 3.62. The number of carbonyl (C=O) groups excluding carboxylic acids is 1. The predicted molar refractivity (Wildman–Crippen MR) is 41.1 cm³/mol. The minimum atomic E-state index is 0.0703. The lowest BCUT2D eigenvalue weighted by molar-refractivity contribution is -0.162. The highest BCUT2D eigenvalue weighted by Gasteiger charge is 2.31. The van der Waals surface area contributed by atoms with Crippen LogP contribution in [0.5, 0.6) is 0 Å². The smallest absolute Gasteiger partial charge is 0.309 e. The van der Waals surface area contributed by atoms with E-state index in [9.17, 15) is 4.79 Å². The first-order valence-corrected chi connectivity index (χ1v) is 4.57. The summed E-state index contributed by atoms with van der Waals surface area (Å²) in [5.41, 5.74) is 0. The Labute approximate surface area is 66.9 Å². The van der Waals surface area contributed by atoms with Gasteiger partial charge in [-0.15, -0.1) is 0 Å². The lowest BCUT2D eigenvalue weighted by atomic mass is 9.87. The van der Waals surface area contributed by atoms with Crippen molar-refractivity contribution in [2.24, 2.45) is 5.92 Å². The van der Waals surface area contributed by atoms with Crippen LogP contribution in [0, 0.1) is 5.92 Å². The minimum absolute atomic E-state index is 0.0703. The van der Waals surface area contributed by atoms with Crippen LogP contribution in [-0.4, -0.2) is 12.1 Å². The Balaban J connectivity index is 2.07. The molecule has 0 unspecified atom stereocenters. The zero-order valence-electron chi connectivity index (χ0n) is 6.71. The molecule has 2 nitrogen and oxygen atoms in total. The van der Waals surface area contributed by atoms with Gasteiger partial charge in [-0.25, -0.2) is 0 Å². The van der Waals surface area contributed by atoms with E-state index in [4.69, 9.17) is 4.74 Å². The average Bonchev–Trinajstić information content (AvgIpc) is 1.92. The van der Waals surface area contributed by atoms with Gasteiger partial charge in [-0.1, -0.05) is 6.42 Å². The summed E-state index contributed by atoms with van der Waals surface area (Å²) in [6.45, 7) is 0. The molecule has 3 fully saturated rings. The van der Waals surface area contributed by atoms with Gasteiger partial charge >= 0.3 is 5.97 Å². The highest BCUT2D eigenvalue weighted by molar-refractivity contribution is 5.73. The first-order valence-electron chi connectivity index (χ1n) is 4.57. The number of fused-ring (bicyclic) bond motifs is 5. The lowest BCUT2D eigenvalue weighted by Gasteiger charge is -2.30. The summed E-state index contributed by atoms with van der Waals surface area (Å²) in [7, 11) is 0. The van der Waals surface area contributed by atoms with Crippen LogP contribution in [0.2, 0.25) is 0 Å². The summed E-state index contributed by atoms with van der Waals surface area (Å²) < 4.78 is 5.25. The van der Waals surface area contributed by atoms with Crippen LogP contribution < -0.4 is 0 Å². The Hall–Kier alpha value is -0.530. The third kappa shape index (κ3) is 1.39. The van der Waals surface area contributed by atoms with E-state index < -0.39 is 0 Å². The van der Waals surface area contributed by atoms with Crippen LogP contribution in [0.3, 0.4) is 0 Å². The number of hydrogen-bond donors (Lipinski definition) is 0. The van der Waals surface area contributed by atoms with Crippen LogP contribution >= 0.6 is 0 Å². The largest absolute Gasteiger partial charge is 0.462 e. The first kappa shape index (κ1) is 7.14. The quantitative estimate of drug-likeness (QED) is 0.498. The molecule has 2 heteroatoms. The van der Waals surface area contributed by atoms with Crippen molar-refractivity contribution in [1.29, 1.82) is 0 Å². The molecule has 0 radical (unpaired) electrons. The Morgan fingerprint density at radius 1 is 1.09 bits per heavy atom. The fraction of sp³-hybridized carbons (Fsp3) is 0.889. The Bertz CT molecular complexity index is 161. The van der Waals surface area contributed by atoms with Gasteiger partial charge in [0.1, 0.15) is 6.10 Å². The molecule has 0 N–H and O–H groups in total. The molecule has 0 aromatic carbocycles. The minimum Gasteiger partial charge on any atom is -0.462 e. The molecule has 3 aliphatic rings. The lowest BCUT2D eigenvalue weighted by Crippen LogP contribution is -2.32. The van der Waals surface area contributed by atoms with Crippen molar-refractivity contribution >= 4 is 5.97 Å². The van der Waals surface area contributed by atoms with E-state index in [1.165, 1.54) is 12.8 Å². The fourth-order valence-corrected chi connectivity index (χ4v) is 2.05. The molecule has 3 rings (SSSR count). The van der Waals surface area contributed by atoms with Gasteiger partial charge in [-0.05, 0) is 32.1 Å². The van der Waals surface area contributed by atoms with Crippen LogP contribution in [0.25, 0.3) is 0 Å². The predicted octanol–water partition coefficient (Wildman–Crippen LogP) is 1.88. The molecule has 2 bridgehead atoms. The molecule has 2 saturated heterocycles. The van der Waals surface area contributed by atoms with Gasteiger partial charge in [0.15, 0.2) is 0 Å². The average molecular weight is 154 g/mol. The van der Waals surface area contributed by atoms with Crippen molar-refractivity contribution in [3.63, 3.8) is 0 Å². The Morgan fingerprint density at radius 3 is 2.73 bits per heavy atom. The van der Waals surface area contributed by atoms with E-state index in [1.54, 1.807) is 0 Å². The standard InChI is InChI=1S/C9H14O2/c10-9-7-3-1-2-4-8(11-9)6-5-7/h7-8H,1-6H2/t7-,8-/m1/s1. The molecule has 0 amide bonds. The molecular weight excluding hydrogens is 140 g/mol. The fourth-order valence-electron chi connectivity index (χ4n) is 2.05. The third-order valence-corrected chi connectivity index (χ3v) is 2.78. The maximum absolute atomic E-state index is 11.2. The molecule has 0 aromatic rings. The van der Waals surface area contributed by atoms with Gasteiger partial charge in [0.25, 0.3) is 0 Å². The SMILES string of the molecule is O=C1O[C@@H]2CCCC[C@@H]1CC2. The molecule has 62 valence electrons. The number of esters is 1. The zero-order chi connectivity index (χ0) is 7.68. The van der Waals surface area contributed by atoms with E-state index >= 15 is 0 Å². The molecule has 1 saturated carbocycles. The van der Waals surface area contributed by atoms with Gasteiger partial charge < -0.3 is 4.74 Å². The summed E-state index contributed by atoms with van der Waals surface area (Å²) >= 11 is 0. The van der Waals surface area contributed by atoms with Crippen molar-refractivity contribution in [3.05, 3.63) is 0 Å². The van der Waals surface area contributed by atoms with Crippen LogP contribution in [0.15, 0.2) is 0 Å². The van der Waals surface area contributed by atoms with Crippen LogP contribution in [-0.2, 0) is 9.53 Å². The monoisotopic (exact) mass is 154 g/mol. The third-order valence-electron chi connectivity index (χ3n) is 2.78.